The molecule has 1 saturated carbocycles. The third-order valence-electron chi connectivity index (χ3n) is 6.44. The van der Waals surface area contributed by atoms with Gasteiger partial charge >= 0.3 is 0 Å². The summed E-state index contributed by atoms with van der Waals surface area (Å²) in [4.78, 5) is 6.82. The van der Waals surface area contributed by atoms with Crippen LogP contribution in [-0.4, -0.2) is 29.1 Å². The van der Waals surface area contributed by atoms with Crippen molar-refractivity contribution in [3.05, 3.63) is 70.8 Å². The molecule has 3 aromatic rings. The van der Waals surface area contributed by atoms with Crippen LogP contribution in [0.3, 0.4) is 0 Å². The van der Waals surface area contributed by atoms with E-state index >= 15 is 0 Å². The van der Waals surface area contributed by atoms with Crippen LogP contribution < -0.4 is 0 Å². The van der Waals surface area contributed by atoms with Gasteiger partial charge in [0.1, 0.15) is 5.82 Å². The van der Waals surface area contributed by atoms with Crippen LogP contribution in [0, 0.1) is 17.7 Å². The van der Waals surface area contributed by atoms with E-state index < -0.39 is 0 Å². The molecule has 2 aromatic carbocycles. The van der Waals surface area contributed by atoms with E-state index in [0.717, 1.165) is 18.4 Å². The van der Waals surface area contributed by atoms with Crippen molar-refractivity contribution in [3.8, 4) is 11.4 Å². The first-order chi connectivity index (χ1) is 15.0. The van der Waals surface area contributed by atoms with E-state index in [-0.39, 0.29) is 5.82 Å². The van der Waals surface area contributed by atoms with Crippen molar-refractivity contribution in [3.63, 3.8) is 0 Å². The SMILES string of the molecule is CN(C)C(c1ccc(F)cc1)C1CCC(CCc2nc(-c3ccc(Cl)cc3)no2)CC1. The van der Waals surface area contributed by atoms with Gasteiger partial charge in [-0.2, -0.15) is 4.98 Å². The molecule has 1 aromatic heterocycles. The van der Waals surface area contributed by atoms with Crippen molar-refractivity contribution in [2.75, 3.05) is 14.1 Å². The summed E-state index contributed by atoms with van der Waals surface area (Å²) in [5.41, 5.74) is 2.12. The number of aryl methyl sites for hydroxylation is 1. The smallest absolute Gasteiger partial charge is 0.226 e. The third kappa shape index (κ3) is 5.52. The molecule has 31 heavy (non-hydrogen) atoms. The van der Waals surface area contributed by atoms with Gasteiger partial charge in [-0.25, -0.2) is 4.39 Å². The van der Waals surface area contributed by atoms with E-state index in [1.807, 2.05) is 36.4 Å². The lowest BCUT2D eigenvalue weighted by Gasteiger charge is -2.37. The Bertz CT molecular complexity index is 963. The second-order valence-electron chi connectivity index (χ2n) is 8.80. The van der Waals surface area contributed by atoms with Crippen molar-refractivity contribution >= 4 is 11.6 Å². The second kappa shape index (κ2) is 9.92. The van der Waals surface area contributed by atoms with Crippen molar-refractivity contribution in [2.45, 2.75) is 44.6 Å². The lowest BCUT2D eigenvalue weighted by Crippen LogP contribution is -2.30. The average molecular weight is 442 g/mol. The number of hydrogen-bond donors (Lipinski definition) is 0. The van der Waals surface area contributed by atoms with Gasteiger partial charge in [-0.15, -0.1) is 0 Å². The van der Waals surface area contributed by atoms with Crippen LogP contribution in [-0.2, 0) is 6.42 Å². The maximum atomic E-state index is 13.3. The van der Waals surface area contributed by atoms with Gasteiger partial charge in [0.25, 0.3) is 0 Å². The molecule has 0 spiro atoms. The predicted molar refractivity (Wildman–Crippen MR) is 121 cm³/mol. The molecule has 1 atom stereocenters. The van der Waals surface area contributed by atoms with Gasteiger partial charge in [-0.3, -0.25) is 0 Å². The Balaban J connectivity index is 1.30. The zero-order valence-corrected chi connectivity index (χ0v) is 18.9. The molecule has 6 heteroatoms. The summed E-state index contributed by atoms with van der Waals surface area (Å²) in [6, 6.07) is 14.8. The van der Waals surface area contributed by atoms with Crippen molar-refractivity contribution in [1.82, 2.24) is 15.0 Å². The summed E-state index contributed by atoms with van der Waals surface area (Å²) < 4.78 is 18.8. The Kier molecular flexibility index (Phi) is 7.03. The van der Waals surface area contributed by atoms with E-state index in [1.165, 1.54) is 31.2 Å². The predicted octanol–water partition coefficient (Wildman–Crippen LogP) is 6.57. The standard InChI is InChI=1S/C25H29ClFN3O/c1-30(2)24(19-10-14-22(27)15-11-19)18-6-3-17(4-7-18)5-16-23-28-25(29-31-23)20-8-12-21(26)13-9-20/h8-15,17-18,24H,3-7,16H2,1-2H3. The molecule has 1 fully saturated rings. The van der Waals surface area contributed by atoms with Gasteiger partial charge in [-0.1, -0.05) is 41.7 Å². The number of hydrogen-bond acceptors (Lipinski definition) is 4. The van der Waals surface area contributed by atoms with Crippen LogP contribution >= 0.6 is 11.6 Å². The molecular weight excluding hydrogens is 413 g/mol. The Hall–Kier alpha value is -2.24. The van der Waals surface area contributed by atoms with Crippen LogP contribution in [0.25, 0.3) is 11.4 Å². The van der Waals surface area contributed by atoms with Gasteiger partial charge in [0.15, 0.2) is 0 Å². The molecule has 4 rings (SSSR count). The van der Waals surface area contributed by atoms with Crippen LogP contribution in [0.4, 0.5) is 4.39 Å². The minimum absolute atomic E-state index is 0.176. The highest BCUT2D eigenvalue weighted by Crippen LogP contribution is 2.40. The van der Waals surface area contributed by atoms with Gasteiger partial charge in [0, 0.05) is 23.0 Å². The minimum atomic E-state index is -0.176. The van der Waals surface area contributed by atoms with Crippen LogP contribution in [0.2, 0.25) is 5.02 Å². The molecule has 0 N–H and O–H groups in total. The first-order valence-electron chi connectivity index (χ1n) is 11.0. The van der Waals surface area contributed by atoms with E-state index in [1.54, 1.807) is 12.1 Å². The normalized spacial score (nSPS) is 20.2. The molecule has 0 saturated heterocycles. The van der Waals surface area contributed by atoms with E-state index in [4.69, 9.17) is 16.1 Å². The lowest BCUT2D eigenvalue weighted by molar-refractivity contribution is 0.145. The Morgan fingerprint density at radius 3 is 2.35 bits per heavy atom. The number of halogens is 2. The minimum Gasteiger partial charge on any atom is -0.339 e. The van der Waals surface area contributed by atoms with E-state index in [9.17, 15) is 4.39 Å². The van der Waals surface area contributed by atoms with E-state index in [2.05, 4.69) is 29.1 Å². The maximum Gasteiger partial charge on any atom is 0.226 e. The number of nitrogens with zero attached hydrogens (tertiary/aromatic N) is 3. The molecule has 1 aliphatic rings. The molecule has 1 aliphatic carbocycles. The number of aromatic nitrogens is 2. The summed E-state index contributed by atoms with van der Waals surface area (Å²) in [7, 11) is 4.24. The van der Waals surface area contributed by atoms with Gasteiger partial charge in [0.2, 0.25) is 11.7 Å². The molecule has 1 heterocycles. The summed E-state index contributed by atoms with van der Waals surface area (Å²) in [5.74, 6) is 2.41. The van der Waals surface area contributed by atoms with Crippen LogP contribution in [0.1, 0.15) is 49.6 Å². The summed E-state index contributed by atoms with van der Waals surface area (Å²) in [6.45, 7) is 0. The first kappa shape index (κ1) is 22.0. The highest BCUT2D eigenvalue weighted by Gasteiger charge is 2.30. The zero-order chi connectivity index (χ0) is 21.8. The fraction of sp³-hybridized carbons (Fsp3) is 0.440. The number of benzene rings is 2. The van der Waals surface area contributed by atoms with Crippen LogP contribution in [0.15, 0.2) is 53.1 Å². The molecule has 0 radical (unpaired) electrons. The Morgan fingerprint density at radius 1 is 1.03 bits per heavy atom. The largest absolute Gasteiger partial charge is 0.339 e. The van der Waals surface area contributed by atoms with Crippen molar-refractivity contribution < 1.29 is 8.91 Å². The van der Waals surface area contributed by atoms with Gasteiger partial charge in [0.05, 0.1) is 0 Å². The Morgan fingerprint density at radius 2 is 1.71 bits per heavy atom. The lowest BCUT2D eigenvalue weighted by atomic mass is 9.75. The van der Waals surface area contributed by atoms with Gasteiger partial charge in [-0.05, 0) is 87.2 Å². The monoisotopic (exact) mass is 441 g/mol. The molecule has 0 amide bonds. The summed E-state index contributed by atoms with van der Waals surface area (Å²) >= 11 is 5.95. The van der Waals surface area contributed by atoms with Crippen LogP contribution in [0.5, 0.6) is 0 Å². The molecule has 0 aliphatic heterocycles. The quantitative estimate of drug-likeness (QED) is 0.415. The summed E-state index contributed by atoms with van der Waals surface area (Å²) in [5, 5.41) is 4.81. The second-order valence-corrected chi connectivity index (χ2v) is 9.23. The van der Waals surface area contributed by atoms with Gasteiger partial charge < -0.3 is 9.42 Å². The Labute approximate surface area is 188 Å². The molecule has 0 bridgehead atoms. The molecule has 4 nitrogen and oxygen atoms in total. The first-order valence-corrected chi connectivity index (χ1v) is 11.4. The topological polar surface area (TPSA) is 42.2 Å². The van der Waals surface area contributed by atoms with E-state index in [0.29, 0.717) is 34.6 Å². The van der Waals surface area contributed by atoms with Crippen molar-refractivity contribution in [1.29, 1.82) is 0 Å². The molecule has 1 unspecified atom stereocenters. The molecule has 164 valence electrons. The average Bonchev–Trinajstić information content (AvgIpc) is 3.24. The summed E-state index contributed by atoms with van der Waals surface area (Å²) in [6.07, 6.45) is 6.65. The highest BCUT2D eigenvalue weighted by molar-refractivity contribution is 6.30. The third-order valence-corrected chi connectivity index (χ3v) is 6.69. The highest BCUT2D eigenvalue weighted by atomic mass is 35.5. The molecular formula is C25H29ClFN3O. The fourth-order valence-corrected chi connectivity index (χ4v) is 4.97. The fourth-order valence-electron chi connectivity index (χ4n) is 4.84. The van der Waals surface area contributed by atoms with Crippen molar-refractivity contribution in [2.24, 2.45) is 11.8 Å². The zero-order valence-electron chi connectivity index (χ0n) is 18.1. The number of rotatable bonds is 7. The maximum absolute atomic E-state index is 13.3.